The minimum absolute atomic E-state index is 0.0490. The Morgan fingerprint density at radius 1 is 1.36 bits per heavy atom. The van der Waals surface area contributed by atoms with Crippen molar-refractivity contribution in [1.29, 1.82) is 0 Å². The summed E-state index contributed by atoms with van der Waals surface area (Å²) in [5, 5.41) is 4.32. The van der Waals surface area contributed by atoms with Gasteiger partial charge in [-0.1, -0.05) is 18.2 Å². The van der Waals surface area contributed by atoms with Crippen LogP contribution in [0.3, 0.4) is 0 Å². The van der Waals surface area contributed by atoms with Crippen molar-refractivity contribution >= 4 is 15.9 Å². The monoisotopic (exact) mass is 326 g/mol. The molecule has 0 radical (unpaired) electrons. The number of nitrogens with two attached hydrogens (primary N) is 1. The number of ether oxygens (including phenoxy) is 1. The molecule has 2 unspecified atom stereocenters. The standard InChI is InChI=1S/C15H22N2O4S/c1-10-5-4-6-11(2)15(10)21-9-12(3)17-8-13(7-14(17)18)22(16,19)20/h4-6,12-13H,7-9H2,1-3H3,(H2,16,19,20). The summed E-state index contributed by atoms with van der Waals surface area (Å²) in [5.41, 5.74) is 2.06. The zero-order valence-corrected chi connectivity index (χ0v) is 13.9. The van der Waals surface area contributed by atoms with Crippen LogP contribution in [0.1, 0.15) is 24.5 Å². The van der Waals surface area contributed by atoms with Crippen molar-refractivity contribution < 1.29 is 17.9 Å². The molecule has 1 aliphatic rings. The second kappa shape index (κ2) is 6.26. The van der Waals surface area contributed by atoms with E-state index in [2.05, 4.69) is 0 Å². The lowest BCUT2D eigenvalue weighted by Gasteiger charge is -2.25. The zero-order chi connectivity index (χ0) is 16.5. The second-order valence-corrected chi connectivity index (χ2v) is 7.69. The summed E-state index contributed by atoms with van der Waals surface area (Å²) in [4.78, 5) is 13.5. The molecule has 1 aromatic rings. The SMILES string of the molecule is Cc1cccc(C)c1OCC(C)N1CC(S(N)(=O)=O)CC1=O. The van der Waals surface area contributed by atoms with Gasteiger partial charge < -0.3 is 9.64 Å². The highest BCUT2D eigenvalue weighted by atomic mass is 32.2. The van der Waals surface area contributed by atoms with Crippen LogP contribution in [0.4, 0.5) is 0 Å². The molecule has 1 saturated heterocycles. The van der Waals surface area contributed by atoms with Crippen LogP contribution < -0.4 is 9.88 Å². The number of para-hydroxylation sites is 1. The van der Waals surface area contributed by atoms with Crippen molar-refractivity contribution in [2.24, 2.45) is 5.14 Å². The van der Waals surface area contributed by atoms with Crippen LogP contribution in [0.2, 0.25) is 0 Å². The fourth-order valence-corrected chi connectivity index (χ4v) is 3.41. The average molecular weight is 326 g/mol. The third-order valence-corrected chi connectivity index (χ3v) is 5.24. The van der Waals surface area contributed by atoms with Crippen molar-refractivity contribution in [2.45, 2.75) is 38.5 Å². The third kappa shape index (κ3) is 3.59. The van der Waals surface area contributed by atoms with Crippen molar-refractivity contribution in [3.63, 3.8) is 0 Å². The molecule has 0 aromatic heterocycles. The summed E-state index contributed by atoms with van der Waals surface area (Å²) in [6.07, 6.45) is -0.0490. The molecule has 1 aromatic carbocycles. The molecule has 6 nitrogen and oxygen atoms in total. The van der Waals surface area contributed by atoms with E-state index in [0.717, 1.165) is 16.9 Å². The molecule has 2 N–H and O–H groups in total. The molecule has 1 aliphatic heterocycles. The molecule has 22 heavy (non-hydrogen) atoms. The Labute approximate surface area is 131 Å². The summed E-state index contributed by atoms with van der Waals surface area (Å²) in [5.74, 6) is 0.612. The van der Waals surface area contributed by atoms with Crippen molar-refractivity contribution in [2.75, 3.05) is 13.2 Å². The van der Waals surface area contributed by atoms with Gasteiger partial charge >= 0.3 is 0 Å². The molecular formula is C15H22N2O4S. The number of amides is 1. The lowest BCUT2D eigenvalue weighted by molar-refractivity contribution is -0.129. The van der Waals surface area contributed by atoms with Crippen LogP contribution in [0, 0.1) is 13.8 Å². The van der Waals surface area contributed by atoms with E-state index in [1.165, 1.54) is 4.90 Å². The number of primary sulfonamides is 1. The van der Waals surface area contributed by atoms with Crippen LogP contribution in [0.15, 0.2) is 18.2 Å². The normalized spacial score (nSPS) is 20.3. The van der Waals surface area contributed by atoms with Gasteiger partial charge in [0.15, 0.2) is 0 Å². The van der Waals surface area contributed by atoms with Crippen LogP contribution >= 0.6 is 0 Å². The number of likely N-dealkylation sites (tertiary alicyclic amines) is 1. The number of aryl methyl sites for hydroxylation is 2. The van der Waals surface area contributed by atoms with Gasteiger partial charge in [0.2, 0.25) is 15.9 Å². The predicted molar refractivity (Wildman–Crippen MR) is 84.1 cm³/mol. The molecule has 1 heterocycles. The lowest BCUT2D eigenvalue weighted by atomic mass is 10.1. The molecule has 0 spiro atoms. The van der Waals surface area contributed by atoms with Gasteiger partial charge in [-0.15, -0.1) is 0 Å². The van der Waals surface area contributed by atoms with Crippen molar-refractivity contribution in [3.8, 4) is 5.75 Å². The Morgan fingerprint density at radius 2 is 1.95 bits per heavy atom. The molecule has 0 bridgehead atoms. The van der Waals surface area contributed by atoms with E-state index in [0.29, 0.717) is 6.61 Å². The van der Waals surface area contributed by atoms with Gasteiger partial charge in [0, 0.05) is 13.0 Å². The number of sulfonamides is 1. The molecule has 0 saturated carbocycles. The van der Waals surface area contributed by atoms with Crippen LogP contribution in [-0.2, 0) is 14.8 Å². The van der Waals surface area contributed by atoms with Gasteiger partial charge in [0.1, 0.15) is 17.6 Å². The van der Waals surface area contributed by atoms with E-state index in [4.69, 9.17) is 9.88 Å². The highest BCUT2D eigenvalue weighted by molar-refractivity contribution is 7.89. The molecule has 122 valence electrons. The average Bonchev–Trinajstić information content (AvgIpc) is 2.80. The van der Waals surface area contributed by atoms with Gasteiger partial charge in [-0.3, -0.25) is 4.79 Å². The first-order chi connectivity index (χ1) is 10.2. The summed E-state index contributed by atoms with van der Waals surface area (Å²) < 4.78 is 28.6. The number of hydrogen-bond donors (Lipinski definition) is 1. The number of nitrogens with zero attached hydrogens (tertiary/aromatic N) is 1. The first-order valence-electron chi connectivity index (χ1n) is 7.20. The summed E-state index contributed by atoms with van der Waals surface area (Å²) in [7, 11) is -3.69. The molecule has 2 rings (SSSR count). The van der Waals surface area contributed by atoms with E-state index in [9.17, 15) is 13.2 Å². The molecule has 2 atom stereocenters. The quantitative estimate of drug-likeness (QED) is 0.872. The highest BCUT2D eigenvalue weighted by Crippen LogP contribution is 2.24. The second-order valence-electron chi connectivity index (χ2n) is 5.84. The third-order valence-electron chi connectivity index (χ3n) is 4.00. The fourth-order valence-electron chi connectivity index (χ4n) is 2.66. The van der Waals surface area contributed by atoms with Crippen LogP contribution in [0.25, 0.3) is 0 Å². The zero-order valence-electron chi connectivity index (χ0n) is 13.1. The largest absolute Gasteiger partial charge is 0.491 e. The van der Waals surface area contributed by atoms with Gasteiger partial charge in [0.05, 0.1) is 6.04 Å². The highest BCUT2D eigenvalue weighted by Gasteiger charge is 2.38. The van der Waals surface area contributed by atoms with Crippen LogP contribution in [-0.4, -0.2) is 43.7 Å². The Bertz CT molecular complexity index is 652. The van der Waals surface area contributed by atoms with Gasteiger partial charge in [0.25, 0.3) is 0 Å². The Balaban J connectivity index is 2.01. The van der Waals surface area contributed by atoms with Gasteiger partial charge in [-0.05, 0) is 31.9 Å². The maximum absolute atomic E-state index is 12.0. The van der Waals surface area contributed by atoms with Crippen molar-refractivity contribution in [3.05, 3.63) is 29.3 Å². The van der Waals surface area contributed by atoms with Crippen molar-refractivity contribution in [1.82, 2.24) is 4.90 Å². The van der Waals surface area contributed by atoms with E-state index >= 15 is 0 Å². The van der Waals surface area contributed by atoms with E-state index in [-0.39, 0.29) is 24.9 Å². The maximum Gasteiger partial charge on any atom is 0.224 e. The minimum atomic E-state index is -3.69. The molecular weight excluding hydrogens is 304 g/mol. The lowest BCUT2D eigenvalue weighted by Crippen LogP contribution is -2.40. The van der Waals surface area contributed by atoms with E-state index < -0.39 is 15.3 Å². The maximum atomic E-state index is 12.0. The van der Waals surface area contributed by atoms with E-state index in [1.807, 2.05) is 39.0 Å². The fraction of sp³-hybridized carbons (Fsp3) is 0.533. The smallest absolute Gasteiger partial charge is 0.224 e. The number of benzene rings is 1. The Morgan fingerprint density at radius 3 is 2.45 bits per heavy atom. The Kier molecular flexibility index (Phi) is 4.77. The summed E-state index contributed by atoms with van der Waals surface area (Å²) in [6, 6.07) is 5.68. The van der Waals surface area contributed by atoms with Gasteiger partial charge in [-0.2, -0.15) is 0 Å². The van der Waals surface area contributed by atoms with Crippen LogP contribution in [0.5, 0.6) is 5.75 Å². The molecule has 1 amide bonds. The molecule has 1 fully saturated rings. The first-order valence-corrected chi connectivity index (χ1v) is 8.81. The number of carbonyl (C=O) groups is 1. The predicted octanol–water partition coefficient (Wildman–Crippen LogP) is 0.960. The molecule has 7 heteroatoms. The number of rotatable bonds is 5. The van der Waals surface area contributed by atoms with E-state index in [1.54, 1.807) is 0 Å². The van der Waals surface area contributed by atoms with Gasteiger partial charge in [-0.25, -0.2) is 13.6 Å². The molecule has 0 aliphatic carbocycles. The number of hydrogen-bond acceptors (Lipinski definition) is 4. The minimum Gasteiger partial charge on any atom is -0.491 e. The first kappa shape index (κ1) is 16.8. The Hall–Kier alpha value is -1.60. The summed E-state index contributed by atoms with van der Waals surface area (Å²) in [6.45, 7) is 6.22. The number of carbonyl (C=O) groups excluding carboxylic acids is 1. The topological polar surface area (TPSA) is 89.7 Å². The summed E-state index contributed by atoms with van der Waals surface area (Å²) >= 11 is 0.